The Kier molecular flexibility index (Phi) is 6.87. The predicted molar refractivity (Wildman–Crippen MR) is 131 cm³/mol. The van der Waals surface area contributed by atoms with Crippen LogP contribution in [0.2, 0.25) is 0 Å². The summed E-state index contributed by atoms with van der Waals surface area (Å²) >= 11 is 0. The zero-order valence-electron chi connectivity index (χ0n) is 19.0. The van der Waals surface area contributed by atoms with Gasteiger partial charge in [-0.15, -0.1) is 0 Å². The molecular formula is C26H26N4O4. The maximum atomic E-state index is 13.0. The summed E-state index contributed by atoms with van der Waals surface area (Å²) in [6.07, 6.45) is -0.500. The topological polar surface area (TPSA) is 97.1 Å². The third kappa shape index (κ3) is 5.06. The molecule has 8 heteroatoms. The van der Waals surface area contributed by atoms with Crippen LogP contribution >= 0.6 is 0 Å². The van der Waals surface area contributed by atoms with Gasteiger partial charge in [0.2, 0.25) is 0 Å². The Balaban J connectivity index is 1.50. The van der Waals surface area contributed by atoms with Gasteiger partial charge in [0.25, 0.3) is 5.69 Å². The lowest BCUT2D eigenvalue weighted by atomic mass is 10.0. The zero-order chi connectivity index (χ0) is 24.1. The van der Waals surface area contributed by atoms with Crippen LogP contribution in [0, 0.1) is 10.1 Å². The van der Waals surface area contributed by atoms with Gasteiger partial charge in [0.15, 0.2) is 6.10 Å². The Bertz CT molecular complexity index is 1210. The predicted octanol–water partition coefficient (Wildman–Crippen LogP) is 5.21. The number of hydrogen-bond donors (Lipinski definition) is 1. The van der Waals surface area contributed by atoms with E-state index >= 15 is 0 Å². The van der Waals surface area contributed by atoms with Crippen molar-refractivity contribution in [2.24, 2.45) is 4.99 Å². The number of ether oxygens (including phenoxy) is 1. The van der Waals surface area contributed by atoms with Crippen molar-refractivity contribution in [2.45, 2.75) is 26.0 Å². The van der Waals surface area contributed by atoms with E-state index in [-0.39, 0.29) is 17.8 Å². The molecule has 3 aromatic rings. The number of nitrogens with zero attached hydrogens (tertiary/aromatic N) is 3. The first kappa shape index (κ1) is 23.0. The number of nitro benzene ring substituents is 1. The lowest BCUT2D eigenvalue weighted by Crippen LogP contribution is -2.47. The second-order valence-corrected chi connectivity index (χ2v) is 8.04. The molecule has 0 spiro atoms. The molecule has 1 aliphatic rings. The molecule has 2 amide bonds. The van der Waals surface area contributed by atoms with E-state index < -0.39 is 11.0 Å². The van der Waals surface area contributed by atoms with Crippen LogP contribution in [0.5, 0.6) is 5.75 Å². The summed E-state index contributed by atoms with van der Waals surface area (Å²) in [4.78, 5) is 29.9. The normalized spacial score (nSPS) is 14.8. The van der Waals surface area contributed by atoms with Crippen molar-refractivity contribution in [3.63, 3.8) is 0 Å². The number of amides is 2. The Hall–Kier alpha value is -4.20. The van der Waals surface area contributed by atoms with Crippen molar-refractivity contribution in [1.82, 2.24) is 10.2 Å². The highest BCUT2D eigenvalue weighted by Crippen LogP contribution is 2.32. The number of carbonyl (C=O) groups is 1. The first-order valence-electron chi connectivity index (χ1n) is 11.1. The zero-order valence-corrected chi connectivity index (χ0v) is 19.0. The number of carbonyl (C=O) groups excluding carboxylic acids is 1. The number of nitrogens with one attached hydrogen (secondary N) is 1. The minimum Gasteiger partial charge on any atom is -0.482 e. The maximum Gasteiger partial charge on any atom is 0.323 e. The summed E-state index contributed by atoms with van der Waals surface area (Å²) in [7, 11) is 0. The smallest absolute Gasteiger partial charge is 0.323 e. The first-order valence-corrected chi connectivity index (χ1v) is 11.1. The average Bonchev–Trinajstić information content (AvgIpc) is 3.35. The fraction of sp³-hybridized carbons (Fsp3) is 0.231. The number of nitro groups is 1. The van der Waals surface area contributed by atoms with E-state index in [1.54, 1.807) is 17.0 Å². The van der Waals surface area contributed by atoms with E-state index in [4.69, 9.17) is 4.74 Å². The quantitative estimate of drug-likeness (QED) is 0.388. The van der Waals surface area contributed by atoms with Crippen molar-refractivity contribution in [3.05, 3.63) is 94.5 Å². The number of non-ortho nitro benzene ring substituents is 1. The van der Waals surface area contributed by atoms with Gasteiger partial charge in [-0.2, -0.15) is 0 Å². The van der Waals surface area contributed by atoms with E-state index in [0.717, 1.165) is 11.1 Å². The van der Waals surface area contributed by atoms with Crippen LogP contribution < -0.4 is 10.1 Å². The number of benzene rings is 3. The van der Waals surface area contributed by atoms with Crippen LogP contribution in [0.1, 0.15) is 25.5 Å². The number of urea groups is 1. The highest BCUT2D eigenvalue weighted by Gasteiger charge is 2.30. The molecule has 0 saturated heterocycles. The van der Waals surface area contributed by atoms with Gasteiger partial charge in [-0.3, -0.25) is 20.0 Å². The molecule has 0 aromatic heterocycles. The van der Waals surface area contributed by atoms with E-state index in [2.05, 4.69) is 10.3 Å². The lowest BCUT2D eigenvalue weighted by Gasteiger charge is -2.26. The molecule has 0 fully saturated rings. The van der Waals surface area contributed by atoms with Crippen LogP contribution in [0.4, 0.5) is 10.5 Å². The SMILES string of the molecule is C[C@@H](Oc1ccccc1-c1cccc([N+](=O)[O-])c1)C1=NCCN1C(=O)N[C@H](C)c1ccccc1. The Morgan fingerprint density at radius 1 is 1.06 bits per heavy atom. The Morgan fingerprint density at radius 2 is 1.79 bits per heavy atom. The summed E-state index contributed by atoms with van der Waals surface area (Å²) in [6.45, 7) is 4.76. The van der Waals surface area contributed by atoms with Gasteiger partial charge in [-0.1, -0.05) is 60.7 Å². The highest BCUT2D eigenvalue weighted by molar-refractivity contribution is 6.01. The largest absolute Gasteiger partial charge is 0.482 e. The molecule has 0 radical (unpaired) electrons. The average molecular weight is 459 g/mol. The maximum absolute atomic E-state index is 13.0. The van der Waals surface area contributed by atoms with Crippen molar-refractivity contribution in [1.29, 1.82) is 0 Å². The molecule has 174 valence electrons. The van der Waals surface area contributed by atoms with Crippen LogP contribution in [0.3, 0.4) is 0 Å². The standard InChI is InChI=1S/C26H26N4O4/c1-18(20-9-4-3-5-10-20)28-26(31)29-16-15-27-25(29)19(2)34-24-14-7-6-13-23(24)21-11-8-12-22(17-21)30(32)33/h3-14,17-19H,15-16H2,1-2H3,(H,28,31)/t18-,19-/m1/s1. The number of para-hydroxylation sites is 1. The summed E-state index contributed by atoms with van der Waals surface area (Å²) < 4.78 is 6.23. The molecule has 34 heavy (non-hydrogen) atoms. The van der Waals surface area contributed by atoms with Gasteiger partial charge in [0.05, 0.1) is 17.5 Å². The second kappa shape index (κ2) is 10.2. The van der Waals surface area contributed by atoms with E-state index in [1.165, 1.54) is 12.1 Å². The molecule has 4 rings (SSSR count). The fourth-order valence-electron chi connectivity index (χ4n) is 3.94. The number of aliphatic imine (C=N–C) groups is 1. The minimum atomic E-state index is -0.500. The minimum absolute atomic E-state index is 0.0101. The van der Waals surface area contributed by atoms with Crippen LogP contribution in [0.15, 0.2) is 83.9 Å². The molecule has 1 N–H and O–H groups in total. The molecular weight excluding hydrogens is 432 g/mol. The first-order chi connectivity index (χ1) is 16.4. The molecule has 2 atom stereocenters. The molecule has 0 unspecified atom stereocenters. The Morgan fingerprint density at radius 3 is 2.56 bits per heavy atom. The summed E-state index contributed by atoms with van der Waals surface area (Å²) in [5, 5.41) is 14.2. The number of amidine groups is 1. The third-order valence-corrected chi connectivity index (χ3v) is 5.68. The summed E-state index contributed by atoms with van der Waals surface area (Å²) in [5.74, 6) is 1.11. The number of hydrogen-bond acceptors (Lipinski definition) is 5. The van der Waals surface area contributed by atoms with Crippen molar-refractivity contribution in [2.75, 3.05) is 13.1 Å². The summed E-state index contributed by atoms with van der Waals surface area (Å²) in [5.41, 5.74) is 2.43. The molecule has 8 nitrogen and oxygen atoms in total. The van der Waals surface area contributed by atoms with Crippen molar-refractivity contribution >= 4 is 17.6 Å². The molecule has 0 saturated carbocycles. The second-order valence-electron chi connectivity index (χ2n) is 8.04. The van der Waals surface area contributed by atoms with Crippen LogP contribution in [-0.4, -0.2) is 40.9 Å². The van der Waals surface area contributed by atoms with Gasteiger partial charge >= 0.3 is 6.03 Å². The Labute approximate surface area is 198 Å². The highest BCUT2D eigenvalue weighted by atomic mass is 16.6. The van der Waals surface area contributed by atoms with Crippen molar-refractivity contribution in [3.8, 4) is 16.9 Å². The monoisotopic (exact) mass is 458 g/mol. The van der Waals surface area contributed by atoms with Gasteiger partial charge in [0.1, 0.15) is 11.6 Å². The van der Waals surface area contributed by atoms with E-state index in [1.807, 2.05) is 68.4 Å². The number of rotatable bonds is 7. The van der Waals surface area contributed by atoms with E-state index in [0.29, 0.717) is 30.2 Å². The van der Waals surface area contributed by atoms with Gasteiger partial charge in [-0.05, 0) is 31.0 Å². The molecule has 1 heterocycles. The molecule has 0 bridgehead atoms. The third-order valence-electron chi connectivity index (χ3n) is 5.68. The fourth-order valence-corrected chi connectivity index (χ4v) is 3.94. The van der Waals surface area contributed by atoms with Gasteiger partial charge < -0.3 is 10.1 Å². The van der Waals surface area contributed by atoms with Crippen LogP contribution in [-0.2, 0) is 0 Å². The molecule has 1 aliphatic heterocycles. The summed E-state index contributed by atoms with van der Waals surface area (Å²) in [6, 6.07) is 23.2. The van der Waals surface area contributed by atoms with Crippen LogP contribution in [0.25, 0.3) is 11.1 Å². The van der Waals surface area contributed by atoms with Crippen molar-refractivity contribution < 1.29 is 14.5 Å². The molecule has 3 aromatic carbocycles. The van der Waals surface area contributed by atoms with Gasteiger partial charge in [0, 0.05) is 24.2 Å². The lowest BCUT2D eigenvalue weighted by molar-refractivity contribution is -0.384. The van der Waals surface area contributed by atoms with E-state index in [9.17, 15) is 14.9 Å². The molecule has 0 aliphatic carbocycles. The van der Waals surface area contributed by atoms with Gasteiger partial charge in [-0.25, -0.2) is 4.79 Å².